The van der Waals surface area contributed by atoms with Gasteiger partial charge in [0.05, 0.1) is 24.7 Å². The summed E-state index contributed by atoms with van der Waals surface area (Å²) in [7, 11) is 0. The summed E-state index contributed by atoms with van der Waals surface area (Å²) in [6.45, 7) is 0. The molecule has 104 valence electrons. The molecule has 0 spiro atoms. The lowest BCUT2D eigenvalue weighted by molar-refractivity contribution is 0.0880. The Balaban J connectivity index is 2.01. The van der Waals surface area contributed by atoms with E-state index in [9.17, 15) is 9.59 Å². The van der Waals surface area contributed by atoms with Crippen LogP contribution in [0.5, 0.6) is 0 Å². The molecule has 0 aromatic carbocycles. The summed E-state index contributed by atoms with van der Waals surface area (Å²) < 4.78 is 1.00. The fourth-order valence-electron chi connectivity index (χ4n) is 2.28. The van der Waals surface area contributed by atoms with Gasteiger partial charge in [-0.1, -0.05) is 6.07 Å². The molecule has 0 saturated heterocycles. The van der Waals surface area contributed by atoms with E-state index in [0.717, 1.165) is 23.3 Å². The van der Waals surface area contributed by atoms with Crippen LogP contribution < -0.4 is 5.32 Å². The predicted octanol–water partition coefficient (Wildman–Crippen LogP) is 4.85. The Bertz CT molecular complexity index is 876. The summed E-state index contributed by atoms with van der Waals surface area (Å²) in [6, 6.07) is 7.84. The molecule has 3 aromatic rings. The van der Waals surface area contributed by atoms with Crippen molar-refractivity contribution in [2.75, 3.05) is 0 Å². The SMILES string of the molecule is O=C1NC(=O)c2c(-c3ccc(Br)s3)sc(-c3cccs3)c21. The van der Waals surface area contributed by atoms with Gasteiger partial charge in [0, 0.05) is 9.75 Å². The van der Waals surface area contributed by atoms with Crippen molar-refractivity contribution in [3.05, 3.63) is 44.6 Å². The topological polar surface area (TPSA) is 46.2 Å². The normalized spacial score (nSPS) is 13.6. The van der Waals surface area contributed by atoms with Gasteiger partial charge in [-0.15, -0.1) is 34.0 Å². The van der Waals surface area contributed by atoms with E-state index in [2.05, 4.69) is 21.2 Å². The number of rotatable bonds is 2. The fourth-order valence-corrected chi connectivity index (χ4v) is 5.94. The van der Waals surface area contributed by atoms with Crippen LogP contribution in [0.2, 0.25) is 0 Å². The molecule has 21 heavy (non-hydrogen) atoms. The van der Waals surface area contributed by atoms with E-state index in [1.165, 1.54) is 11.3 Å². The quantitative estimate of drug-likeness (QED) is 0.630. The van der Waals surface area contributed by atoms with Crippen LogP contribution in [-0.2, 0) is 0 Å². The molecule has 3 nitrogen and oxygen atoms in total. The number of carbonyl (C=O) groups excluding carboxylic acids is 2. The smallest absolute Gasteiger partial charge is 0.260 e. The number of thiophene rings is 3. The molecular weight excluding hydrogens is 390 g/mol. The maximum Gasteiger partial charge on any atom is 0.260 e. The molecular formula is C14H6BrNO2S3. The Hall–Kier alpha value is -1.28. The molecule has 7 heteroatoms. The van der Waals surface area contributed by atoms with Gasteiger partial charge in [-0.25, -0.2) is 0 Å². The zero-order chi connectivity index (χ0) is 14.6. The number of hydrogen-bond acceptors (Lipinski definition) is 5. The summed E-state index contributed by atoms with van der Waals surface area (Å²) in [5.41, 5.74) is 1.04. The van der Waals surface area contributed by atoms with E-state index >= 15 is 0 Å². The van der Waals surface area contributed by atoms with Gasteiger partial charge in [0.2, 0.25) is 0 Å². The molecule has 0 radical (unpaired) electrons. The summed E-state index contributed by atoms with van der Waals surface area (Å²) in [6.07, 6.45) is 0. The molecule has 2 amide bonds. The van der Waals surface area contributed by atoms with Crippen LogP contribution in [0.4, 0.5) is 0 Å². The zero-order valence-electron chi connectivity index (χ0n) is 10.3. The first-order valence-corrected chi connectivity index (χ1v) is 9.28. The Morgan fingerprint density at radius 3 is 2.19 bits per heavy atom. The molecule has 0 fully saturated rings. The van der Waals surface area contributed by atoms with Crippen molar-refractivity contribution >= 4 is 61.8 Å². The molecule has 3 aromatic heterocycles. The summed E-state index contributed by atoms with van der Waals surface area (Å²) >= 11 is 8.08. The van der Waals surface area contributed by atoms with Gasteiger partial charge in [0.1, 0.15) is 0 Å². The number of fused-ring (bicyclic) bond motifs is 1. The molecule has 1 aliphatic heterocycles. The number of carbonyl (C=O) groups is 2. The Labute approximate surface area is 140 Å². The van der Waals surface area contributed by atoms with Crippen LogP contribution in [0, 0.1) is 0 Å². The van der Waals surface area contributed by atoms with Gasteiger partial charge in [-0.05, 0) is 39.5 Å². The molecule has 0 aliphatic carbocycles. The van der Waals surface area contributed by atoms with Crippen molar-refractivity contribution in [3.63, 3.8) is 0 Å². The highest BCUT2D eigenvalue weighted by Crippen LogP contribution is 2.47. The van der Waals surface area contributed by atoms with E-state index in [1.807, 2.05) is 29.6 Å². The Morgan fingerprint density at radius 1 is 0.905 bits per heavy atom. The van der Waals surface area contributed by atoms with Crippen LogP contribution >= 0.6 is 49.9 Å². The molecule has 1 aliphatic rings. The van der Waals surface area contributed by atoms with Crippen LogP contribution in [0.15, 0.2) is 33.4 Å². The molecule has 0 unspecified atom stereocenters. The van der Waals surface area contributed by atoms with Crippen molar-refractivity contribution in [3.8, 4) is 19.5 Å². The van der Waals surface area contributed by atoms with Gasteiger partial charge in [0.25, 0.3) is 11.8 Å². The van der Waals surface area contributed by atoms with Gasteiger partial charge in [0.15, 0.2) is 0 Å². The second-order valence-electron chi connectivity index (χ2n) is 4.37. The first kappa shape index (κ1) is 13.4. The number of amides is 2. The van der Waals surface area contributed by atoms with Crippen LogP contribution in [0.25, 0.3) is 19.5 Å². The van der Waals surface area contributed by atoms with Gasteiger partial charge >= 0.3 is 0 Å². The van der Waals surface area contributed by atoms with Crippen molar-refractivity contribution in [2.45, 2.75) is 0 Å². The highest BCUT2D eigenvalue weighted by atomic mass is 79.9. The van der Waals surface area contributed by atoms with E-state index in [0.29, 0.717) is 11.1 Å². The van der Waals surface area contributed by atoms with E-state index in [-0.39, 0.29) is 11.8 Å². The first-order chi connectivity index (χ1) is 10.1. The highest BCUT2D eigenvalue weighted by Gasteiger charge is 2.36. The van der Waals surface area contributed by atoms with Crippen molar-refractivity contribution in [1.29, 1.82) is 0 Å². The predicted molar refractivity (Wildman–Crippen MR) is 90.4 cm³/mol. The maximum absolute atomic E-state index is 12.1. The third-order valence-electron chi connectivity index (χ3n) is 3.13. The standard InChI is InChI=1S/C14H6BrNO2S3/c15-8-4-3-7(20-8)12-10-9(13(17)16-14(10)18)11(21-12)6-2-1-5-19-6/h1-5H,(H,16,17,18). The average molecular weight is 396 g/mol. The highest BCUT2D eigenvalue weighted by molar-refractivity contribution is 9.11. The molecule has 0 bridgehead atoms. The van der Waals surface area contributed by atoms with Gasteiger partial charge in [-0.2, -0.15) is 0 Å². The maximum atomic E-state index is 12.1. The number of hydrogen-bond donors (Lipinski definition) is 1. The van der Waals surface area contributed by atoms with Crippen LogP contribution in [-0.4, -0.2) is 11.8 Å². The summed E-state index contributed by atoms with van der Waals surface area (Å²) in [5, 5.41) is 4.38. The summed E-state index contributed by atoms with van der Waals surface area (Å²) in [5.74, 6) is -0.592. The zero-order valence-corrected chi connectivity index (χ0v) is 14.3. The third-order valence-corrected chi connectivity index (χ3v) is 7.17. The second kappa shape index (κ2) is 4.88. The second-order valence-corrected chi connectivity index (χ2v) is 8.81. The van der Waals surface area contributed by atoms with Crippen molar-refractivity contribution in [2.24, 2.45) is 0 Å². The molecule has 4 rings (SSSR count). The Morgan fingerprint density at radius 2 is 1.62 bits per heavy atom. The van der Waals surface area contributed by atoms with Gasteiger partial charge < -0.3 is 0 Å². The van der Waals surface area contributed by atoms with Crippen molar-refractivity contribution in [1.82, 2.24) is 5.32 Å². The van der Waals surface area contributed by atoms with E-state index in [1.54, 1.807) is 22.7 Å². The number of nitrogens with one attached hydrogen (secondary N) is 1. The molecule has 0 saturated carbocycles. The van der Waals surface area contributed by atoms with E-state index < -0.39 is 0 Å². The summed E-state index contributed by atoms with van der Waals surface area (Å²) in [4.78, 5) is 28.0. The lowest BCUT2D eigenvalue weighted by Gasteiger charge is -1.96. The monoisotopic (exact) mass is 395 g/mol. The third kappa shape index (κ3) is 2.03. The lowest BCUT2D eigenvalue weighted by atomic mass is 10.1. The molecule has 4 heterocycles. The molecule has 0 atom stereocenters. The van der Waals surface area contributed by atoms with Crippen molar-refractivity contribution < 1.29 is 9.59 Å². The lowest BCUT2D eigenvalue weighted by Crippen LogP contribution is -2.20. The van der Waals surface area contributed by atoms with Crippen LogP contribution in [0.3, 0.4) is 0 Å². The first-order valence-electron chi connectivity index (χ1n) is 5.97. The largest absolute Gasteiger partial charge is 0.288 e. The minimum absolute atomic E-state index is 0.295. The minimum atomic E-state index is -0.298. The number of imide groups is 1. The Kier molecular flexibility index (Phi) is 3.11. The molecule has 1 N–H and O–H groups in total. The fraction of sp³-hybridized carbons (Fsp3) is 0. The van der Waals surface area contributed by atoms with Crippen LogP contribution in [0.1, 0.15) is 20.7 Å². The van der Waals surface area contributed by atoms with E-state index in [4.69, 9.17) is 0 Å². The minimum Gasteiger partial charge on any atom is -0.288 e. The number of halogens is 1. The van der Waals surface area contributed by atoms with Gasteiger partial charge in [-0.3, -0.25) is 14.9 Å². The average Bonchev–Trinajstić information content (AvgIpc) is 3.18.